The van der Waals surface area contributed by atoms with Crippen LogP contribution in [0.5, 0.6) is 0 Å². The quantitative estimate of drug-likeness (QED) is 0.833. The molecule has 0 radical (unpaired) electrons. The number of halogens is 1. The summed E-state index contributed by atoms with van der Waals surface area (Å²) in [6.45, 7) is 0. The number of hydrogen-bond acceptors (Lipinski definition) is 4. The third-order valence-electron chi connectivity index (χ3n) is 3.47. The van der Waals surface area contributed by atoms with Gasteiger partial charge in [-0.3, -0.25) is 5.10 Å². The molecule has 1 saturated carbocycles. The van der Waals surface area contributed by atoms with Crippen LogP contribution < -0.4 is 4.90 Å². The Labute approximate surface area is 104 Å². The summed E-state index contributed by atoms with van der Waals surface area (Å²) >= 11 is 5.93. The van der Waals surface area contributed by atoms with Crippen molar-refractivity contribution >= 4 is 28.5 Å². The maximum atomic E-state index is 5.93. The summed E-state index contributed by atoms with van der Waals surface area (Å²) in [5, 5.41) is 8.03. The van der Waals surface area contributed by atoms with Crippen LogP contribution in [0.25, 0.3) is 11.0 Å². The van der Waals surface area contributed by atoms with Gasteiger partial charge < -0.3 is 4.90 Å². The third kappa shape index (κ3) is 1.84. The minimum Gasteiger partial charge on any atom is -0.356 e. The molecule has 1 N–H and O–H groups in total. The van der Waals surface area contributed by atoms with Crippen LogP contribution in [0.3, 0.4) is 0 Å². The van der Waals surface area contributed by atoms with Gasteiger partial charge in [0.15, 0.2) is 5.65 Å². The molecule has 0 saturated heterocycles. The maximum Gasteiger partial charge on any atom is 0.226 e. The van der Waals surface area contributed by atoms with Gasteiger partial charge in [0.05, 0.1) is 11.6 Å². The summed E-state index contributed by atoms with van der Waals surface area (Å²) in [5.74, 6) is 0.876. The first kappa shape index (κ1) is 10.8. The fourth-order valence-electron chi connectivity index (χ4n) is 2.53. The van der Waals surface area contributed by atoms with E-state index in [1.54, 1.807) is 6.20 Å². The minimum absolute atomic E-state index is 0.265. The molecule has 6 heteroatoms. The van der Waals surface area contributed by atoms with E-state index in [0.29, 0.717) is 11.7 Å². The molecule has 0 aliphatic heterocycles. The average Bonchev–Trinajstić information content (AvgIpc) is 2.97. The second-order valence-electron chi connectivity index (χ2n) is 4.50. The molecule has 1 aliphatic rings. The van der Waals surface area contributed by atoms with Gasteiger partial charge in [-0.15, -0.1) is 0 Å². The van der Waals surface area contributed by atoms with Crippen LogP contribution >= 0.6 is 11.6 Å². The zero-order chi connectivity index (χ0) is 11.8. The second-order valence-corrected chi connectivity index (χ2v) is 4.84. The van der Waals surface area contributed by atoms with E-state index >= 15 is 0 Å². The molecule has 0 atom stereocenters. The Kier molecular flexibility index (Phi) is 2.63. The number of nitrogens with one attached hydrogen (secondary N) is 1. The third-order valence-corrected chi connectivity index (χ3v) is 3.64. The molecule has 3 rings (SSSR count). The van der Waals surface area contributed by atoms with Crippen molar-refractivity contribution in [2.24, 2.45) is 0 Å². The van der Waals surface area contributed by atoms with Crippen molar-refractivity contribution in [3.05, 3.63) is 11.5 Å². The number of aromatic amines is 1. The van der Waals surface area contributed by atoms with Crippen LogP contribution in [0, 0.1) is 0 Å². The zero-order valence-electron chi connectivity index (χ0n) is 9.65. The molecule has 5 nitrogen and oxygen atoms in total. The smallest absolute Gasteiger partial charge is 0.226 e. The van der Waals surface area contributed by atoms with Gasteiger partial charge in [0, 0.05) is 13.1 Å². The Morgan fingerprint density at radius 3 is 2.88 bits per heavy atom. The lowest BCUT2D eigenvalue weighted by atomic mass is 10.2. The van der Waals surface area contributed by atoms with Gasteiger partial charge in [-0.1, -0.05) is 12.8 Å². The summed E-state index contributed by atoms with van der Waals surface area (Å²) < 4.78 is 0. The number of anilines is 1. The summed E-state index contributed by atoms with van der Waals surface area (Å²) in [6.07, 6.45) is 6.78. The molecular formula is C11H14ClN5. The van der Waals surface area contributed by atoms with E-state index in [-0.39, 0.29) is 5.28 Å². The molecule has 0 amide bonds. The van der Waals surface area contributed by atoms with Gasteiger partial charge in [0.1, 0.15) is 5.82 Å². The lowest BCUT2D eigenvalue weighted by Gasteiger charge is -2.25. The molecule has 2 aromatic rings. The topological polar surface area (TPSA) is 57.7 Å². The summed E-state index contributed by atoms with van der Waals surface area (Å²) in [6, 6.07) is 0.555. The SMILES string of the molecule is CN(c1nc(Cl)nc2[nH]ncc12)C1CCCC1. The molecule has 1 aliphatic carbocycles. The normalized spacial score (nSPS) is 16.8. The molecule has 90 valence electrons. The van der Waals surface area contributed by atoms with Gasteiger partial charge >= 0.3 is 0 Å². The fraction of sp³-hybridized carbons (Fsp3) is 0.545. The van der Waals surface area contributed by atoms with Crippen LogP contribution in [-0.4, -0.2) is 33.3 Å². The van der Waals surface area contributed by atoms with E-state index in [0.717, 1.165) is 11.2 Å². The minimum atomic E-state index is 0.265. The average molecular weight is 252 g/mol. The molecule has 17 heavy (non-hydrogen) atoms. The predicted octanol–water partition coefficient (Wildman–Crippen LogP) is 2.39. The number of nitrogens with zero attached hydrogens (tertiary/aromatic N) is 4. The van der Waals surface area contributed by atoms with Crippen LogP contribution in [0.1, 0.15) is 25.7 Å². The number of aromatic nitrogens is 4. The molecule has 0 bridgehead atoms. The molecule has 2 aromatic heterocycles. The van der Waals surface area contributed by atoms with Crippen LogP contribution in [0.4, 0.5) is 5.82 Å². The van der Waals surface area contributed by atoms with E-state index < -0.39 is 0 Å². The van der Waals surface area contributed by atoms with Gasteiger partial charge in [0.25, 0.3) is 0 Å². The molecule has 1 fully saturated rings. The first-order valence-corrected chi connectivity index (χ1v) is 6.23. The van der Waals surface area contributed by atoms with Crippen molar-refractivity contribution < 1.29 is 0 Å². The van der Waals surface area contributed by atoms with E-state index in [1.165, 1.54) is 25.7 Å². The first-order chi connectivity index (χ1) is 8.25. The Bertz CT molecular complexity index is 532. The number of rotatable bonds is 2. The van der Waals surface area contributed by atoms with Crippen LogP contribution in [0.2, 0.25) is 5.28 Å². The summed E-state index contributed by atoms with van der Waals surface area (Å²) in [4.78, 5) is 10.7. The van der Waals surface area contributed by atoms with E-state index in [1.807, 2.05) is 0 Å². The molecule has 0 aromatic carbocycles. The van der Waals surface area contributed by atoms with Crippen molar-refractivity contribution in [2.75, 3.05) is 11.9 Å². The van der Waals surface area contributed by atoms with Crippen molar-refractivity contribution in [1.82, 2.24) is 20.2 Å². The van der Waals surface area contributed by atoms with Crippen LogP contribution in [0.15, 0.2) is 6.20 Å². The van der Waals surface area contributed by atoms with Gasteiger partial charge in [0.2, 0.25) is 5.28 Å². The zero-order valence-corrected chi connectivity index (χ0v) is 10.4. The van der Waals surface area contributed by atoms with E-state index in [9.17, 15) is 0 Å². The largest absolute Gasteiger partial charge is 0.356 e. The van der Waals surface area contributed by atoms with Gasteiger partial charge in [-0.2, -0.15) is 15.1 Å². The van der Waals surface area contributed by atoms with Gasteiger partial charge in [-0.05, 0) is 24.4 Å². The Hall–Kier alpha value is -1.36. The molecular weight excluding hydrogens is 238 g/mol. The molecule has 2 heterocycles. The van der Waals surface area contributed by atoms with Crippen molar-refractivity contribution in [1.29, 1.82) is 0 Å². The molecule has 0 unspecified atom stereocenters. The highest BCUT2D eigenvalue weighted by atomic mass is 35.5. The molecule has 0 spiro atoms. The second kappa shape index (κ2) is 4.14. The summed E-state index contributed by atoms with van der Waals surface area (Å²) in [7, 11) is 2.07. The lowest BCUT2D eigenvalue weighted by molar-refractivity contribution is 0.648. The monoisotopic (exact) mass is 251 g/mol. The number of fused-ring (bicyclic) bond motifs is 1. The fourth-order valence-corrected chi connectivity index (χ4v) is 2.69. The standard InChI is InChI=1S/C11H14ClN5/c1-17(7-4-2-3-5-7)10-8-6-13-16-9(8)14-11(12)15-10/h6-7H,2-5H2,1H3,(H,13,14,15,16). The van der Waals surface area contributed by atoms with E-state index in [2.05, 4.69) is 32.1 Å². The van der Waals surface area contributed by atoms with Crippen molar-refractivity contribution in [2.45, 2.75) is 31.7 Å². The Morgan fingerprint density at radius 2 is 2.12 bits per heavy atom. The lowest BCUT2D eigenvalue weighted by Crippen LogP contribution is -2.29. The predicted molar refractivity (Wildman–Crippen MR) is 67.4 cm³/mol. The Morgan fingerprint density at radius 1 is 1.35 bits per heavy atom. The van der Waals surface area contributed by atoms with Gasteiger partial charge in [-0.25, -0.2) is 0 Å². The number of H-pyrrole nitrogens is 1. The van der Waals surface area contributed by atoms with Crippen molar-refractivity contribution in [3.63, 3.8) is 0 Å². The maximum absolute atomic E-state index is 5.93. The van der Waals surface area contributed by atoms with Crippen LogP contribution in [-0.2, 0) is 0 Å². The number of hydrogen-bond donors (Lipinski definition) is 1. The summed E-state index contributed by atoms with van der Waals surface area (Å²) in [5.41, 5.74) is 0.699. The van der Waals surface area contributed by atoms with Crippen molar-refractivity contribution in [3.8, 4) is 0 Å². The highest BCUT2D eigenvalue weighted by molar-refractivity contribution is 6.28. The van der Waals surface area contributed by atoms with E-state index in [4.69, 9.17) is 11.6 Å². The Balaban J connectivity index is 2.05. The highest BCUT2D eigenvalue weighted by Crippen LogP contribution is 2.30. The first-order valence-electron chi connectivity index (χ1n) is 5.85. The highest BCUT2D eigenvalue weighted by Gasteiger charge is 2.23.